The van der Waals surface area contributed by atoms with Crippen molar-refractivity contribution < 1.29 is 14.0 Å². The van der Waals surface area contributed by atoms with E-state index in [0.29, 0.717) is 30.1 Å². The van der Waals surface area contributed by atoms with Gasteiger partial charge in [-0.1, -0.05) is 25.3 Å². The number of halogens is 1. The quantitative estimate of drug-likeness (QED) is 0.630. The maximum Gasteiger partial charge on any atom is 0.255 e. The number of aliphatic imine (C=N–C) groups is 1. The molecule has 7 heteroatoms. The number of carbonyl (C=O) groups excluding carboxylic acids is 2. The Hall–Kier alpha value is -3.48. The van der Waals surface area contributed by atoms with Crippen molar-refractivity contribution in [1.82, 2.24) is 14.8 Å². The topological polar surface area (TPSA) is 68.8 Å². The number of H-pyrrole nitrogens is 1. The van der Waals surface area contributed by atoms with Crippen LogP contribution in [0.15, 0.2) is 42.5 Å². The Morgan fingerprint density at radius 3 is 2.66 bits per heavy atom. The Bertz CT molecular complexity index is 1250. The van der Waals surface area contributed by atoms with Crippen molar-refractivity contribution in [2.75, 3.05) is 19.6 Å². The second-order valence-corrected chi connectivity index (χ2v) is 10.3. The second kappa shape index (κ2) is 8.63. The minimum absolute atomic E-state index is 0.141. The van der Waals surface area contributed by atoms with Gasteiger partial charge in [0.15, 0.2) is 0 Å². The van der Waals surface area contributed by atoms with E-state index in [1.54, 1.807) is 37.0 Å². The maximum absolute atomic E-state index is 15.5. The van der Waals surface area contributed by atoms with Gasteiger partial charge in [-0.15, -0.1) is 0 Å². The smallest absolute Gasteiger partial charge is 0.255 e. The van der Waals surface area contributed by atoms with Crippen molar-refractivity contribution >= 4 is 29.8 Å². The highest BCUT2D eigenvalue weighted by Crippen LogP contribution is 2.35. The van der Waals surface area contributed by atoms with E-state index in [0.717, 1.165) is 42.6 Å². The van der Waals surface area contributed by atoms with Gasteiger partial charge >= 0.3 is 0 Å². The molecule has 2 aliphatic heterocycles. The molecule has 1 N–H and O–H groups in total. The first-order chi connectivity index (χ1) is 16.7. The molecule has 1 atom stereocenters. The molecule has 5 rings (SSSR count). The van der Waals surface area contributed by atoms with E-state index in [1.807, 2.05) is 17.2 Å². The van der Waals surface area contributed by atoms with Gasteiger partial charge in [0.2, 0.25) is 5.91 Å². The highest BCUT2D eigenvalue weighted by molar-refractivity contribution is 6.15. The van der Waals surface area contributed by atoms with Gasteiger partial charge in [0.25, 0.3) is 5.91 Å². The van der Waals surface area contributed by atoms with E-state index in [4.69, 9.17) is 0 Å². The Morgan fingerprint density at radius 2 is 2.00 bits per heavy atom. The molecule has 0 radical (unpaired) electrons. The number of aromatic amines is 1. The van der Waals surface area contributed by atoms with Crippen LogP contribution in [0, 0.1) is 17.7 Å². The van der Waals surface area contributed by atoms with Gasteiger partial charge in [-0.2, -0.15) is 0 Å². The van der Waals surface area contributed by atoms with Crippen molar-refractivity contribution in [3.63, 3.8) is 0 Å². The van der Waals surface area contributed by atoms with Crippen LogP contribution in [0.3, 0.4) is 0 Å². The lowest BCUT2D eigenvalue weighted by Crippen LogP contribution is -2.43. The molecule has 1 unspecified atom stereocenters. The molecule has 1 saturated heterocycles. The third kappa shape index (κ3) is 4.13. The number of aromatic nitrogens is 1. The molecule has 1 aromatic carbocycles. The van der Waals surface area contributed by atoms with E-state index in [9.17, 15) is 9.59 Å². The molecule has 35 heavy (non-hydrogen) atoms. The predicted molar refractivity (Wildman–Crippen MR) is 136 cm³/mol. The van der Waals surface area contributed by atoms with Gasteiger partial charge in [0.1, 0.15) is 17.2 Å². The summed E-state index contributed by atoms with van der Waals surface area (Å²) < 4.78 is 15.5. The van der Waals surface area contributed by atoms with Crippen LogP contribution in [0.25, 0.3) is 23.3 Å². The summed E-state index contributed by atoms with van der Waals surface area (Å²) in [6, 6.07) is 5.00. The molecule has 0 spiro atoms. The lowest BCUT2D eigenvalue weighted by Gasteiger charge is -2.25. The third-order valence-corrected chi connectivity index (χ3v) is 7.26. The average molecular weight is 475 g/mol. The van der Waals surface area contributed by atoms with Crippen LogP contribution < -0.4 is 0 Å². The van der Waals surface area contributed by atoms with E-state index in [2.05, 4.69) is 23.1 Å². The SMILES string of the molecule is C=Cc1[nH]cc(-c2ccc(C3=NC(C)(C)C(=O)N3CC3CCN(C(=O)C4CC4)C3)c(F)c2)c1C=C. The van der Waals surface area contributed by atoms with Gasteiger partial charge in [-0.3, -0.25) is 19.5 Å². The summed E-state index contributed by atoms with van der Waals surface area (Å²) in [4.78, 5) is 37.0. The molecule has 6 nitrogen and oxygen atoms in total. The van der Waals surface area contributed by atoms with Crippen LogP contribution in [0.5, 0.6) is 0 Å². The second-order valence-electron chi connectivity index (χ2n) is 10.3. The molecular formula is C28H31FN4O2. The number of amidine groups is 1. The summed E-state index contributed by atoms with van der Waals surface area (Å²) in [5.41, 5.74) is 2.55. The van der Waals surface area contributed by atoms with Gasteiger partial charge in [0, 0.05) is 48.6 Å². The number of likely N-dealkylation sites (tertiary alicyclic amines) is 1. The molecule has 3 heterocycles. The molecular weight excluding hydrogens is 443 g/mol. The summed E-state index contributed by atoms with van der Waals surface area (Å²) in [6.07, 6.45) is 8.03. The van der Waals surface area contributed by atoms with E-state index >= 15 is 4.39 Å². The molecule has 1 saturated carbocycles. The fourth-order valence-corrected chi connectivity index (χ4v) is 5.15. The van der Waals surface area contributed by atoms with Gasteiger partial charge in [-0.25, -0.2) is 4.39 Å². The van der Waals surface area contributed by atoms with Crippen LogP contribution in [0.4, 0.5) is 4.39 Å². The summed E-state index contributed by atoms with van der Waals surface area (Å²) in [6.45, 7) is 13.0. The number of benzene rings is 1. The molecule has 2 aromatic rings. The summed E-state index contributed by atoms with van der Waals surface area (Å²) in [5.74, 6) is 0.355. The minimum Gasteiger partial charge on any atom is -0.361 e. The van der Waals surface area contributed by atoms with Gasteiger partial charge in [0.05, 0.1) is 5.56 Å². The molecule has 182 valence electrons. The van der Waals surface area contributed by atoms with Crippen LogP contribution >= 0.6 is 0 Å². The number of amides is 2. The number of hydrogen-bond acceptors (Lipinski definition) is 3. The van der Waals surface area contributed by atoms with Crippen LogP contribution in [-0.4, -0.2) is 57.6 Å². The molecule has 0 bridgehead atoms. The first kappa shape index (κ1) is 23.3. The summed E-state index contributed by atoms with van der Waals surface area (Å²) >= 11 is 0. The minimum atomic E-state index is -0.960. The zero-order chi connectivity index (χ0) is 24.9. The van der Waals surface area contributed by atoms with Crippen molar-refractivity contribution in [3.8, 4) is 11.1 Å². The zero-order valence-electron chi connectivity index (χ0n) is 20.3. The molecule has 2 amide bonds. The van der Waals surface area contributed by atoms with Crippen molar-refractivity contribution in [1.29, 1.82) is 0 Å². The molecule has 1 aliphatic carbocycles. The third-order valence-electron chi connectivity index (χ3n) is 7.26. The fraction of sp³-hybridized carbons (Fsp3) is 0.393. The molecule has 3 aliphatic rings. The standard InChI is InChI=1S/C28H31FN4O2/c1-5-20-22(14-30-24(20)6-2)19-9-10-21(23(29)13-19)25-31-28(3,4)27(35)33(25)16-17-11-12-32(15-17)26(34)18-7-8-18/h5-6,9-10,13-14,17-18,30H,1-2,7-8,11-12,15-16H2,3-4H3. The Morgan fingerprint density at radius 1 is 1.23 bits per heavy atom. The zero-order valence-corrected chi connectivity index (χ0v) is 20.3. The normalized spacial score (nSPS) is 21.4. The Kier molecular flexibility index (Phi) is 5.74. The monoisotopic (exact) mass is 474 g/mol. The predicted octanol–water partition coefficient (Wildman–Crippen LogP) is 4.73. The van der Waals surface area contributed by atoms with Crippen LogP contribution in [0.1, 0.15) is 49.9 Å². The molecule has 1 aromatic heterocycles. The van der Waals surface area contributed by atoms with Gasteiger partial charge in [-0.05, 0) is 62.8 Å². The van der Waals surface area contributed by atoms with Crippen molar-refractivity contribution in [2.24, 2.45) is 16.8 Å². The summed E-state index contributed by atoms with van der Waals surface area (Å²) in [5, 5.41) is 0. The number of rotatable bonds is 7. The number of nitrogens with one attached hydrogen (secondary N) is 1. The number of nitrogens with zero attached hydrogens (tertiary/aromatic N) is 3. The maximum atomic E-state index is 15.5. The molecule has 2 fully saturated rings. The Labute approximate surface area is 205 Å². The average Bonchev–Trinajstić information content (AvgIpc) is 3.36. The lowest BCUT2D eigenvalue weighted by atomic mass is 10.00. The Balaban J connectivity index is 1.41. The van der Waals surface area contributed by atoms with Crippen LogP contribution in [0.2, 0.25) is 0 Å². The largest absolute Gasteiger partial charge is 0.361 e. The first-order valence-corrected chi connectivity index (χ1v) is 12.2. The highest BCUT2D eigenvalue weighted by atomic mass is 19.1. The number of hydrogen-bond donors (Lipinski definition) is 1. The van der Waals surface area contributed by atoms with Crippen LogP contribution in [-0.2, 0) is 9.59 Å². The fourth-order valence-electron chi connectivity index (χ4n) is 5.15. The number of carbonyl (C=O) groups is 2. The van der Waals surface area contributed by atoms with E-state index < -0.39 is 11.4 Å². The van der Waals surface area contributed by atoms with E-state index in [-0.39, 0.29) is 23.7 Å². The van der Waals surface area contributed by atoms with Crippen molar-refractivity contribution in [3.05, 3.63) is 60.2 Å². The lowest BCUT2D eigenvalue weighted by molar-refractivity contribution is -0.131. The summed E-state index contributed by atoms with van der Waals surface area (Å²) in [7, 11) is 0. The van der Waals surface area contributed by atoms with Gasteiger partial charge < -0.3 is 9.88 Å². The highest BCUT2D eigenvalue weighted by Gasteiger charge is 2.44. The van der Waals surface area contributed by atoms with E-state index in [1.165, 1.54) is 6.07 Å². The van der Waals surface area contributed by atoms with Crippen molar-refractivity contribution in [2.45, 2.75) is 38.6 Å². The first-order valence-electron chi connectivity index (χ1n) is 12.2.